The fraction of sp³-hybridized carbons (Fsp3) is 0.714. The third kappa shape index (κ3) is 4.11. The van der Waals surface area contributed by atoms with E-state index in [9.17, 15) is 9.59 Å². The Morgan fingerprint density at radius 2 is 2.22 bits per heavy atom. The molecule has 1 aromatic rings. The van der Waals surface area contributed by atoms with Crippen LogP contribution in [-0.4, -0.2) is 53.4 Å². The van der Waals surface area contributed by atoms with Crippen LogP contribution in [0.1, 0.15) is 43.3 Å². The van der Waals surface area contributed by atoms with Crippen molar-refractivity contribution in [2.75, 3.05) is 20.2 Å². The highest BCUT2D eigenvalue weighted by atomic mass is 16.5. The molecule has 0 spiro atoms. The Bertz CT molecular complexity index is 571. The molecule has 1 aromatic heterocycles. The van der Waals surface area contributed by atoms with E-state index in [2.05, 4.69) is 20.8 Å². The second kappa shape index (κ2) is 6.84. The molecule has 2 heterocycles. The first kappa shape index (κ1) is 15.6. The molecule has 3 rings (SSSR count). The Labute approximate surface area is 133 Å². The summed E-state index contributed by atoms with van der Waals surface area (Å²) in [5.74, 6) is 1.55. The number of piperidine rings is 1. The monoisotopic (exact) mass is 323 g/mol. The lowest BCUT2D eigenvalue weighted by Crippen LogP contribution is -2.51. The normalized spacial score (nSPS) is 20.9. The zero-order valence-electron chi connectivity index (χ0n) is 13.1. The van der Waals surface area contributed by atoms with Crippen LogP contribution in [0.4, 0.5) is 9.59 Å². The first-order valence-electron chi connectivity index (χ1n) is 7.85. The lowest BCUT2D eigenvalue weighted by Gasteiger charge is -2.31. The van der Waals surface area contributed by atoms with Gasteiger partial charge in [-0.2, -0.15) is 4.98 Å². The number of rotatable bonds is 4. The maximum atomic E-state index is 11.9. The summed E-state index contributed by atoms with van der Waals surface area (Å²) in [6, 6.07) is -0.402. The minimum absolute atomic E-state index is 0.0902. The van der Waals surface area contributed by atoms with Crippen molar-refractivity contribution in [3.8, 4) is 0 Å². The van der Waals surface area contributed by atoms with Gasteiger partial charge in [-0.15, -0.1) is 0 Å². The Kier molecular flexibility index (Phi) is 4.63. The lowest BCUT2D eigenvalue weighted by molar-refractivity contribution is 0.108. The molecule has 1 saturated heterocycles. The summed E-state index contributed by atoms with van der Waals surface area (Å²) < 4.78 is 9.80. The van der Waals surface area contributed by atoms with Crippen molar-refractivity contribution in [3.05, 3.63) is 11.7 Å². The van der Waals surface area contributed by atoms with Gasteiger partial charge in [0.15, 0.2) is 5.82 Å². The molecule has 0 aromatic carbocycles. The highest BCUT2D eigenvalue weighted by Gasteiger charge is 2.29. The number of likely N-dealkylation sites (tertiary alicyclic amines) is 1. The van der Waals surface area contributed by atoms with Crippen LogP contribution in [0.3, 0.4) is 0 Å². The van der Waals surface area contributed by atoms with E-state index in [-0.39, 0.29) is 24.7 Å². The van der Waals surface area contributed by atoms with E-state index in [0.29, 0.717) is 24.9 Å². The summed E-state index contributed by atoms with van der Waals surface area (Å²) in [7, 11) is 1.35. The molecule has 2 fully saturated rings. The number of methoxy groups -OCH3 is 1. The minimum atomic E-state index is -0.365. The summed E-state index contributed by atoms with van der Waals surface area (Å²) in [6.07, 6.45) is 3.49. The molecule has 0 bridgehead atoms. The molecule has 1 aliphatic heterocycles. The van der Waals surface area contributed by atoms with Gasteiger partial charge in [-0.05, 0) is 25.7 Å². The maximum Gasteiger partial charge on any atom is 0.409 e. The van der Waals surface area contributed by atoms with Crippen LogP contribution in [0, 0.1) is 0 Å². The molecule has 23 heavy (non-hydrogen) atoms. The molecule has 3 amide bonds. The van der Waals surface area contributed by atoms with E-state index in [1.54, 1.807) is 4.90 Å². The molecule has 1 atom stereocenters. The van der Waals surface area contributed by atoms with E-state index in [1.807, 2.05) is 0 Å². The van der Waals surface area contributed by atoms with E-state index in [4.69, 9.17) is 9.26 Å². The van der Waals surface area contributed by atoms with Gasteiger partial charge in [0.2, 0.25) is 5.89 Å². The van der Waals surface area contributed by atoms with Crippen molar-refractivity contribution >= 4 is 12.1 Å². The number of hydrogen-bond donors (Lipinski definition) is 2. The smallest absolute Gasteiger partial charge is 0.409 e. The molecule has 2 N–H and O–H groups in total. The number of carbonyl (C=O) groups is 2. The van der Waals surface area contributed by atoms with E-state index in [1.165, 1.54) is 7.11 Å². The van der Waals surface area contributed by atoms with Crippen LogP contribution in [-0.2, 0) is 11.3 Å². The summed E-state index contributed by atoms with van der Waals surface area (Å²) in [5.41, 5.74) is 0. The molecule has 0 radical (unpaired) electrons. The summed E-state index contributed by atoms with van der Waals surface area (Å²) in [5, 5.41) is 9.44. The molecule has 1 saturated carbocycles. The number of hydrogen-bond acceptors (Lipinski definition) is 6. The SMILES string of the molecule is COC(=O)N1CCC[C@H](NC(=O)NCc2nc(C3CC3)no2)C1. The summed E-state index contributed by atoms with van der Waals surface area (Å²) >= 11 is 0. The Hall–Kier alpha value is -2.32. The van der Waals surface area contributed by atoms with Crippen molar-refractivity contribution in [3.63, 3.8) is 0 Å². The quantitative estimate of drug-likeness (QED) is 0.854. The van der Waals surface area contributed by atoms with Gasteiger partial charge >= 0.3 is 12.1 Å². The van der Waals surface area contributed by atoms with Crippen LogP contribution in [0.15, 0.2) is 4.52 Å². The van der Waals surface area contributed by atoms with Crippen LogP contribution in [0.5, 0.6) is 0 Å². The second-order valence-electron chi connectivity index (χ2n) is 5.90. The van der Waals surface area contributed by atoms with Gasteiger partial charge < -0.3 is 24.8 Å². The topological polar surface area (TPSA) is 110 Å². The van der Waals surface area contributed by atoms with E-state index < -0.39 is 0 Å². The van der Waals surface area contributed by atoms with Gasteiger partial charge in [0, 0.05) is 25.0 Å². The lowest BCUT2D eigenvalue weighted by atomic mass is 10.1. The summed E-state index contributed by atoms with van der Waals surface area (Å²) in [4.78, 5) is 29.3. The predicted molar refractivity (Wildman–Crippen MR) is 78.6 cm³/mol. The van der Waals surface area contributed by atoms with E-state index in [0.717, 1.165) is 31.5 Å². The zero-order chi connectivity index (χ0) is 16.2. The number of ether oxygens (including phenoxy) is 1. The molecule has 2 aliphatic rings. The Morgan fingerprint density at radius 1 is 1.39 bits per heavy atom. The highest BCUT2D eigenvalue weighted by molar-refractivity contribution is 5.74. The zero-order valence-corrected chi connectivity index (χ0v) is 13.1. The average molecular weight is 323 g/mol. The number of amides is 3. The van der Waals surface area contributed by atoms with Gasteiger partial charge in [0.05, 0.1) is 13.7 Å². The second-order valence-corrected chi connectivity index (χ2v) is 5.90. The van der Waals surface area contributed by atoms with Gasteiger partial charge in [-0.25, -0.2) is 9.59 Å². The van der Waals surface area contributed by atoms with Crippen molar-refractivity contribution in [1.82, 2.24) is 25.7 Å². The number of urea groups is 1. The maximum absolute atomic E-state index is 11.9. The first-order chi connectivity index (χ1) is 11.2. The summed E-state index contributed by atoms with van der Waals surface area (Å²) in [6.45, 7) is 1.30. The number of aromatic nitrogens is 2. The Balaban J connectivity index is 1.42. The molecule has 9 nitrogen and oxygen atoms in total. The third-order valence-corrected chi connectivity index (χ3v) is 4.02. The van der Waals surface area contributed by atoms with Gasteiger partial charge in [0.1, 0.15) is 0 Å². The van der Waals surface area contributed by atoms with Crippen LogP contribution >= 0.6 is 0 Å². The molecular weight excluding hydrogens is 302 g/mol. The van der Waals surface area contributed by atoms with Crippen molar-refractivity contribution in [1.29, 1.82) is 0 Å². The standard InChI is InChI=1S/C14H21N5O4/c1-22-14(21)19-6-2-3-10(8-19)16-13(20)15-7-11-17-12(18-23-11)9-4-5-9/h9-10H,2-8H2,1H3,(H2,15,16,20)/t10-/m0/s1. The minimum Gasteiger partial charge on any atom is -0.453 e. The number of carbonyl (C=O) groups excluding carboxylic acids is 2. The van der Waals surface area contributed by atoms with Gasteiger partial charge in [0.25, 0.3) is 0 Å². The molecular formula is C14H21N5O4. The molecule has 1 aliphatic carbocycles. The predicted octanol–water partition coefficient (Wildman–Crippen LogP) is 0.977. The van der Waals surface area contributed by atoms with Crippen molar-refractivity contribution in [2.24, 2.45) is 0 Å². The number of nitrogens with one attached hydrogen (secondary N) is 2. The highest BCUT2D eigenvalue weighted by Crippen LogP contribution is 2.37. The first-order valence-corrected chi connectivity index (χ1v) is 7.85. The van der Waals surface area contributed by atoms with Crippen molar-refractivity contribution < 1.29 is 18.8 Å². The Morgan fingerprint density at radius 3 is 2.96 bits per heavy atom. The third-order valence-electron chi connectivity index (χ3n) is 4.02. The van der Waals surface area contributed by atoms with Crippen molar-refractivity contribution in [2.45, 2.75) is 44.2 Å². The van der Waals surface area contributed by atoms with Crippen LogP contribution in [0.2, 0.25) is 0 Å². The largest absolute Gasteiger partial charge is 0.453 e. The number of nitrogens with zero attached hydrogens (tertiary/aromatic N) is 3. The van der Waals surface area contributed by atoms with Crippen LogP contribution in [0.25, 0.3) is 0 Å². The molecule has 0 unspecified atom stereocenters. The molecule has 126 valence electrons. The average Bonchev–Trinajstić information content (AvgIpc) is 3.31. The van der Waals surface area contributed by atoms with E-state index >= 15 is 0 Å². The van der Waals surface area contributed by atoms with Gasteiger partial charge in [-0.3, -0.25) is 0 Å². The van der Waals surface area contributed by atoms with Crippen LogP contribution < -0.4 is 10.6 Å². The fourth-order valence-corrected chi connectivity index (χ4v) is 2.63. The van der Waals surface area contributed by atoms with Gasteiger partial charge in [-0.1, -0.05) is 5.16 Å². The molecule has 9 heteroatoms. The fourth-order valence-electron chi connectivity index (χ4n) is 2.63.